The van der Waals surface area contributed by atoms with Crippen LogP contribution in [0.1, 0.15) is 18.9 Å². The quantitative estimate of drug-likeness (QED) is 0.413. The Morgan fingerprint density at radius 3 is 2.93 bits per heavy atom. The zero-order valence-electron chi connectivity index (χ0n) is 16.6. The molecule has 0 saturated carbocycles. The Hall–Kier alpha value is -1.80. The highest BCUT2D eigenvalue weighted by atomic mass is 35.5. The highest BCUT2D eigenvalue weighted by Crippen LogP contribution is 2.33. The molecule has 0 bridgehead atoms. The molecule has 1 N–H and O–H groups in total. The van der Waals surface area contributed by atoms with E-state index in [2.05, 4.69) is 21.5 Å². The van der Waals surface area contributed by atoms with Crippen LogP contribution in [0.15, 0.2) is 58.9 Å². The predicted molar refractivity (Wildman–Crippen MR) is 123 cm³/mol. The minimum absolute atomic E-state index is 0.0892. The summed E-state index contributed by atoms with van der Waals surface area (Å²) >= 11 is 9.50. The fourth-order valence-electron chi connectivity index (χ4n) is 3.58. The van der Waals surface area contributed by atoms with Gasteiger partial charge in [0.05, 0.1) is 5.02 Å². The number of rotatable bonds is 7. The monoisotopic (exact) mass is 463 g/mol. The second-order valence-electron chi connectivity index (χ2n) is 7.38. The molecule has 0 aliphatic carbocycles. The van der Waals surface area contributed by atoms with Crippen molar-refractivity contribution < 1.29 is 9.13 Å². The number of aromatic nitrogens is 1. The minimum Gasteiger partial charge on any atom is -0.488 e. The van der Waals surface area contributed by atoms with Crippen molar-refractivity contribution in [3.05, 3.63) is 70.4 Å². The van der Waals surface area contributed by atoms with Crippen LogP contribution >= 0.6 is 34.9 Å². The van der Waals surface area contributed by atoms with Crippen molar-refractivity contribution >= 4 is 40.0 Å². The average Bonchev–Trinajstić information content (AvgIpc) is 3.25. The summed E-state index contributed by atoms with van der Waals surface area (Å²) in [5, 5.41) is 3.38. The van der Waals surface area contributed by atoms with Crippen LogP contribution in [0.3, 0.4) is 0 Å². The van der Waals surface area contributed by atoms with Gasteiger partial charge >= 0.3 is 0 Å². The van der Waals surface area contributed by atoms with E-state index in [4.69, 9.17) is 16.3 Å². The van der Waals surface area contributed by atoms with Crippen molar-refractivity contribution in [2.75, 3.05) is 17.8 Å². The molecule has 1 unspecified atom stereocenters. The maximum atomic E-state index is 13.9. The number of anilines is 1. The second-order valence-corrected chi connectivity index (χ2v) is 9.56. The summed E-state index contributed by atoms with van der Waals surface area (Å²) < 4.78 is 23.4. The fourth-order valence-corrected chi connectivity index (χ4v) is 5.13. The fraction of sp³-hybridized carbons (Fsp3) is 0.318. The number of hydrogen-bond donors (Lipinski definition) is 1. The van der Waals surface area contributed by atoms with Crippen molar-refractivity contribution in [1.29, 1.82) is 0 Å². The average molecular weight is 464 g/mol. The lowest BCUT2D eigenvalue weighted by Gasteiger charge is -2.37. The summed E-state index contributed by atoms with van der Waals surface area (Å²) in [5.41, 5.74) is 0.742. The first kappa shape index (κ1) is 21.4. The molecule has 1 fully saturated rings. The number of halogens is 2. The number of ether oxygens (including phenoxy) is 1. The molecule has 158 valence electrons. The third-order valence-electron chi connectivity index (χ3n) is 5.13. The number of benzene rings is 2. The zero-order valence-corrected chi connectivity index (χ0v) is 18.9. The molecule has 30 heavy (non-hydrogen) atoms. The van der Waals surface area contributed by atoms with Crippen LogP contribution in [0, 0.1) is 11.7 Å². The largest absolute Gasteiger partial charge is 0.488 e. The van der Waals surface area contributed by atoms with Gasteiger partial charge in [0, 0.05) is 47.6 Å². The highest BCUT2D eigenvalue weighted by Gasteiger charge is 2.28. The number of nitrogens with zero attached hydrogens (tertiary/aromatic N) is 2. The first-order valence-corrected chi connectivity index (χ1v) is 11.9. The molecule has 3 aromatic rings. The maximum Gasteiger partial charge on any atom is 0.192 e. The normalized spacial score (nSPS) is 19.6. The molecule has 1 aliphatic rings. The van der Waals surface area contributed by atoms with Gasteiger partial charge in [-0.3, -0.25) is 4.90 Å². The van der Waals surface area contributed by atoms with Gasteiger partial charge in [-0.1, -0.05) is 36.7 Å². The van der Waals surface area contributed by atoms with E-state index in [-0.39, 0.29) is 11.9 Å². The summed E-state index contributed by atoms with van der Waals surface area (Å²) in [6.07, 6.45) is 2.74. The zero-order chi connectivity index (χ0) is 20.9. The Morgan fingerprint density at radius 2 is 2.20 bits per heavy atom. The van der Waals surface area contributed by atoms with E-state index in [0.29, 0.717) is 23.2 Å². The van der Waals surface area contributed by atoms with E-state index >= 15 is 0 Å². The van der Waals surface area contributed by atoms with Crippen LogP contribution in [0.5, 0.6) is 5.75 Å². The summed E-state index contributed by atoms with van der Waals surface area (Å²) in [7, 11) is 0. The number of hydrogen-bond acceptors (Lipinski definition) is 6. The van der Waals surface area contributed by atoms with Gasteiger partial charge in [-0.2, -0.15) is 0 Å². The van der Waals surface area contributed by atoms with E-state index < -0.39 is 0 Å². The summed E-state index contributed by atoms with van der Waals surface area (Å²) in [6, 6.07) is 12.8. The topological polar surface area (TPSA) is 37.4 Å². The number of thiazole rings is 1. The Bertz CT molecular complexity index is 973. The number of likely N-dealkylation sites (tertiary alicyclic amines) is 1. The van der Waals surface area contributed by atoms with Gasteiger partial charge in [0.2, 0.25) is 0 Å². The Kier molecular flexibility index (Phi) is 7.15. The summed E-state index contributed by atoms with van der Waals surface area (Å²) in [4.78, 5) is 7.48. The van der Waals surface area contributed by atoms with Crippen molar-refractivity contribution in [2.24, 2.45) is 5.92 Å². The van der Waals surface area contributed by atoms with Crippen molar-refractivity contribution in [3.8, 4) is 5.75 Å². The molecule has 4 rings (SSSR count). The van der Waals surface area contributed by atoms with Crippen LogP contribution in [0.25, 0.3) is 0 Å². The van der Waals surface area contributed by atoms with Gasteiger partial charge in [0.1, 0.15) is 17.7 Å². The molecule has 0 spiro atoms. The SMILES string of the molecule is CC1CN(Cc2ccccc2F)CC[C@H]1Oc1ccc(SNc2nccs2)cc1Cl. The summed E-state index contributed by atoms with van der Waals surface area (Å²) in [6.45, 7) is 4.53. The summed E-state index contributed by atoms with van der Waals surface area (Å²) in [5.74, 6) is 0.884. The smallest absolute Gasteiger partial charge is 0.192 e. The molecular weight excluding hydrogens is 441 g/mol. The van der Waals surface area contributed by atoms with Crippen molar-refractivity contribution in [2.45, 2.75) is 30.9 Å². The van der Waals surface area contributed by atoms with Crippen LogP contribution in [-0.2, 0) is 6.54 Å². The Balaban J connectivity index is 1.31. The maximum absolute atomic E-state index is 13.9. The molecule has 0 radical (unpaired) electrons. The van der Waals surface area contributed by atoms with Gasteiger partial charge in [0.15, 0.2) is 5.13 Å². The van der Waals surface area contributed by atoms with E-state index in [1.807, 2.05) is 35.7 Å². The molecule has 2 aromatic carbocycles. The van der Waals surface area contributed by atoms with Crippen LogP contribution in [0.4, 0.5) is 9.52 Å². The molecule has 8 heteroatoms. The first-order valence-electron chi connectivity index (χ1n) is 9.83. The van der Waals surface area contributed by atoms with Gasteiger partial charge in [-0.25, -0.2) is 9.37 Å². The molecule has 2 atom stereocenters. The van der Waals surface area contributed by atoms with Crippen LogP contribution in [-0.4, -0.2) is 29.1 Å². The number of piperidine rings is 1. The van der Waals surface area contributed by atoms with Crippen molar-refractivity contribution in [1.82, 2.24) is 9.88 Å². The molecule has 2 heterocycles. The van der Waals surface area contributed by atoms with Gasteiger partial charge < -0.3 is 9.46 Å². The lowest BCUT2D eigenvalue weighted by molar-refractivity contribution is 0.0486. The van der Waals surface area contributed by atoms with Gasteiger partial charge in [-0.15, -0.1) is 11.3 Å². The van der Waals surface area contributed by atoms with E-state index in [9.17, 15) is 4.39 Å². The Morgan fingerprint density at radius 1 is 1.33 bits per heavy atom. The third-order valence-corrected chi connectivity index (χ3v) is 7.03. The standard InChI is InChI=1S/C22H23ClFN3OS2/c1-15-13-27(14-16-4-2-3-5-19(16)24)10-8-20(15)28-21-7-6-17(12-18(21)23)30-26-22-25-9-11-29-22/h2-7,9,11-12,15,20H,8,10,13-14H2,1H3,(H,25,26)/t15?,20-/m1/s1. The number of nitrogens with one attached hydrogen (secondary N) is 1. The molecule has 1 aliphatic heterocycles. The van der Waals surface area contributed by atoms with Crippen LogP contribution < -0.4 is 9.46 Å². The van der Waals surface area contributed by atoms with E-state index in [1.165, 1.54) is 18.0 Å². The van der Waals surface area contributed by atoms with E-state index in [0.717, 1.165) is 35.1 Å². The van der Waals surface area contributed by atoms with Crippen LogP contribution in [0.2, 0.25) is 5.02 Å². The molecule has 4 nitrogen and oxygen atoms in total. The van der Waals surface area contributed by atoms with Gasteiger partial charge in [-0.05, 0) is 42.6 Å². The lowest BCUT2D eigenvalue weighted by atomic mass is 9.96. The molecule has 1 aromatic heterocycles. The Labute approximate surface area is 189 Å². The van der Waals surface area contributed by atoms with Gasteiger partial charge in [0.25, 0.3) is 0 Å². The molecule has 0 amide bonds. The molecule has 1 saturated heterocycles. The third kappa shape index (κ3) is 5.46. The van der Waals surface area contributed by atoms with Crippen molar-refractivity contribution in [3.63, 3.8) is 0 Å². The van der Waals surface area contributed by atoms with E-state index in [1.54, 1.807) is 23.6 Å². The minimum atomic E-state index is -0.141. The second kappa shape index (κ2) is 10.0. The molecular formula is C22H23ClFN3OS2. The predicted octanol–water partition coefficient (Wildman–Crippen LogP) is 6.34. The highest BCUT2D eigenvalue weighted by molar-refractivity contribution is 8.00. The first-order chi connectivity index (χ1) is 14.6. The lowest BCUT2D eigenvalue weighted by Crippen LogP contribution is -2.44.